The summed E-state index contributed by atoms with van der Waals surface area (Å²) in [7, 11) is -6.64. The fourth-order valence-corrected chi connectivity index (χ4v) is 9.16. The molecular weight excluding hydrogens is 980 g/mol. The number of anilines is 1. The Morgan fingerprint density at radius 1 is 0.623 bits per heavy atom. The molecule has 0 amide bonds. The van der Waals surface area contributed by atoms with E-state index in [1.165, 1.54) is 34.8 Å². The largest absolute Gasteiger partial charge is 0.460 e. The summed E-state index contributed by atoms with van der Waals surface area (Å²) in [5.41, 5.74) is 6.84. The lowest BCUT2D eigenvalue weighted by atomic mass is 9.97. The van der Waals surface area contributed by atoms with Gasteiger partial charge in [-0.15, -0.1) is 0 Å². The Morgan fingerprint density at radius 3 is 1.59 bits per heavy atom. The SMILES string of the molecule is CCCCc1oc2ccc(Br)cc2c1C(=O)c1ccc(F)cc1.CCCCc1oc2ccc(N(Cc3ccccc3)S(C)(=O)=O)cc2c1C(=O)c1ccc(C)cc1.CS(=O)(=O)NCc1ccccc1. The molecule has 0 bridgehead atoms. The van der Waals surface area contributed by atoms with Crippen LogP contribution in [0, 0.1) is 12.7 Å². The minimum Gasteiger partial charge on any atom is -0.460 e. The maximum atomic E-state index is 13.6. The van der Waals surface area contributed by atoms with Crippen LogP contribution < -0.4 is 9.03 Å². The molecule has 0 aliphatic heterocycles. The highest BCUT2D eigenvalue weighted by molar-refractivity contribution is 9.10. The Kier molecular flexibility index (Phi) is 18.1. The zero-order valence-corrected chi connectivity index (χ0v) is 42.5. The van der Waals surface area contributed by atoms with Crippen LogP contribution in [0.1, 0.15) is 99.6 Å². The molecule has 2 aromatic heterocycles. The summed E-state index contributed by atoms with van der Waals surface area (Å²) in [5.74, 6) is 0.749. The molecule has 0 unspecified atom stereocenters. The van der Waals surface area contributed by atoms with Crippen molar-refractivity contribution in [3.63, 3.8) is 0 Å². The number of furan rings is 2. The summed E-state index contributed by atoms with van der Waals surface area (Å²) in [6.45, 7) is 6.73. The van der Waals surface area contributed by atoms with Gasteiger partial charge in [-0.05, 0) is 91.6 Å². The van der Waals surface area contributed by atoms with E-state index >= 15 is 0 Å². The predicted molar refractivity (Wildman–Crippen MR) is 277 cm³/mol. The summed E-state index contributed by atoms with van der Waals surface area (Å²) in [5, 5.41) is 1.43. The van der Waals surface area contributed by atoms with Crippen molar-refractivity contribution in [2.75, 3.05) is 16.8 Å². The summed E-state index contributed by atoms with van der Waals surface area (Å²) in [6, 6.07) is 42.8. The van der Waals surface area contributed by atoms with E-state index in [0.29, 0.717) is 75.4 Å². The van der Waals surface area contributed by atoms with E-state index in [2.05, 4.69) is 34.5 Å². The Balaban J connectivity index is 0.000000191. The molecule has 10 nitrogen and oxygen atoms in total. The molecule has 6 aromatic carbocycles. The van der Waals surface area contributed by atoms with E-state index in [-0.39, 0.29) is 23.9 Å². The quantitative estimate of drug-likeness (QED) is 0.0888. The first-order chi connectivity index (χ1) is 32.9. The average molecular weight is 1040 g/mol. The molecule has 1 N–H and O–H groups in total. The van der Waals surface area contributed by atoms with E-state index < -0.39 is 20.0 Å². The van der Waals surface area contributed by atoms with Crippen LogP contribution in [-0.4, -0.2) is 40.9 Å². The number of rotatable bonds is 17. The van der Waals surface area contributed by atoms with Gasteiger partial charge in [-0.2, -0.15) is 0 Å². The maximum Gasteiger partial charge on any atom is 0.232 e. The van der Waals surface area contributed by atoms with Gasteiger partial charge in [0, 0.05) is 45.8 Å². The van der Waals surface area contributed by atoms with Crippen molar-refractivity contribution in [3.8, 4) is 0 Å². The second kappa shape index (κ2) is 23.9. The predicted octanol–water partition coefficient (Wildman–Crippen LogP) is 12.9. The highest BCUT2D eigenvalue weighted by Crippen LogP contribution is 2.35. The van der Waals surface area contributed by atoms with Gasteiger partial charge in [0.2, 0.25) is 20.0 Å². The van der Waals surface area contributed by atoms with Crippen LogP contribution in [0.4, 0.5) is 10.1 Å². The first kappa shape index (κ1) is 52.2. The number of halogens is 2. The van der Waals surface area contributed by atoms with Gasteiger partial charge < -0.3 is 8.83 Å². The molecule has 0 saturated carbocycles. The topological polar surface area (TPSA) is 144 Å². The van der Waals surface area contributed by atoms with Gasteiger partial charge >= 0.3 is 0 Å². The van der Waals surface area contributed by atoms with Crippen molar-refractivity contribution in [2.45, 2.75) is 72.4 Å². The fraction of sp³-hybridized carbons (Fsp3) is 0.236. The molecule has 0 aliphatic rings. The van der Waals surface area contributed by atoms with Crippen LogP contribution in [0.5, 0.6) is 0 Å². The number of unbranched alkanes of at least 4 members (excludes halogenated alkanes) is 2. The fourth-order valence-electron chi connectivity index (χ4n) is 7.49. The maximum absolute atomic E-state index is 13.6. The van der Waals surface area contributed by atoms with Crippen LogP contribution in [-0.2, 0) is 46.0 Å². The van der Waals surface area contributed by atoms with E-state index in [1.807, 2.05) is 110 Å². The molecule has 0 saturated heterocycles. The standard InChI is InChI=1S/C28H29NO4S.C19H16BrFO2.C8H11NO2S/c1-4-5-11-26-27(28(30)22-14-12-20(2)13-15-22)24-18-23(16-17-25(24)33-26)29(34(3,31)32)19-21-9-7-6-8-10-21;1-2-3-4-17-18(15-11-13(20)7-10-16(15)23-17)19(22)12-5-8-14(21)9-6-12;1-12(10,11)9-7-8-5-3-2-4-6-8/h6-10,12-18H,4-5,11,19H2,1-3H3;5-11H,2-4H2,1H3;2-6,9H,7H2,1H3. The normalized spacial score (nSPS) is 11.4. The lowest BCUT2D eigenvalue weighted by Crippen LogP contribution is -2.29. The molecule has 14 heteroatoms. The molecule has 0 radical (unpaired) electrons. The molecule has 8 aromatic rings. The minimum absolute atomic E-state index is 0.115. The van der Waals surface area contributed by atoms with Crippen LogP contribution in [0.25, 0.3) is 21.9 Å². The Morgan fingerprint density at radius 2 is 1.10 bits per heavy atom. The average Bonchev–Trinajstić information content (AvgIpc) is 3.88. The Hall–Kier alpha value is -6.19. The van der Waals surface area contributed by atoms with Crippen molar-refractivity contribution in [2.24, 2.45) is 0 Å². The third-order valence-corrected chi connectivity index (χ3v) is 13.4. The number of nitrogens with one attached hydrogen (secondary N) is 1. The summed E-state index contributed by atoms with van der Waals surface area (Å²) in [4.78, 5) is 26.5. The lowest BCUT2D eigenvalue weighted by molar-refractivity contribution is 0.103. The highest BCUT2D eigenvalue weighted by Gasteiger charge is 2.26. The van der Waals surface area contributed by atoms with Crippen molar-refractivity contribution < 1.29 is 39.6 Å². The molecule has 0 fully saturated rings. The van der Waals surface area contributed by atoms with E-state index in [1.54, 1.807) is 18.2 Å². The van der Waals surface area contributed by atoms with Gasteiger partial charge in [0.1, 0.15) is 28.5 Å². The van der Waals surface area contributed by atoms with Crippen molar-refractivity contribution in [1.82, 2.24) is 4.72 Å². The van der Waals surface area contributed by atoms with Crippen LogP contribution in [0.15, 0.2) is 159 Å². The highest BCUT2D eigenvalue weighted by atomic mass is 79.9. The second-order valence-electron chi connectivity index (χ2n) is 16.7. The first-order valence-electron chi connectivity index (χ1n) is 22.6. The van der Waals surface area contributed by atoms with Crippen LogP contribution in [0.3, 0.4) is 0 Å². The zero-order chi connectivity index (χ0) is 49.7. The van der Waals surface area contributed by atoms with Gasteiger partial charge in [0.25, 0.3) is 0 Å². The molecule has 0 spiro atoms. The van der Waals surface area contributed by atoms with Crippen molar-refractivity contribution in [1.29, 1.82) is 0 Å². The summed E-state index contributed by atoms with van der Waals surface area (Å²) >= 11 is 3.44. The Labute approximate surface area is 412 Å². The number of benzene rings is 6. The molecule has 0 atom stereocenters. The van der Waals surface area contributed by atoms with Gasteiger partial charge in [-0.25, -0.2) is 25.9 Å². The number of nitrogens with zero attached hydrogens (tertiary/aromatic N) is 1. The molecular formula is C55H56BrFN2O8S2. The van der Waals surface area contributed by atoms with Crippen molar-refractivity contribution in [3.05, 3.63) is 206 Å². The van der Waals surface area contributed by atoms with E-state index in [9.17, 15) is 30.8 Å². The number of carbonyl (C=O) groups excluding carboxylic acids is 2. The van der Waals surface area contributed by atoms with E-state index in [0.717, 1.165) is 58.5 Å². The summed E-state index contributed by atoms with van der Waals surface area (Å²) in [6.07, 6.45) is 7.54. The second-order valence-corrected chi connectivity index (χ2v) is 21.3. The smallest absolute Gasteiger partial charge is 0.232 e. The molecule has 360 valence electrons. The van der Waals surface area contributed by atoms with Crippen molar-refractivity contribution >= 4 is 75.2 Å². The number of fused-ring (bicyclic) bond motifs is 2. The van der Waals surface area contributed by atoms with Gasteiger partial charge in [-0.1, -0.05) is 133 Å². The van der Waals surface area contributed by atoms with Gasteiger partial charge in [0.05, 0.1) is 35.9 Å². The molecule has 0 aliphatic carbocycles. The lowest BCUT2D eigenvalue weighted by Gasteiger charge is -2.22. The monoisotopic (exact) mass is 1030 g/mol. The number of aryl methyl sites for hydroxylation is 3. The molecule has 2 heterocycles. The van der Waals surface area contributed by atoms with Gasteiger partial charge in [-0.3, -0.25) is 13.9 Å². The zero-order valence-electron chi connectivity index (χ0n) is 39.3. The van der Waals surface area contributed by atoms with Gasteiger partial charge in [0.15, 0.2) is 11.6 Å². The van der Waals surface area contributed by atoms with E-state index in [4.69, 9.17) is 8.83 Å². The number of ketones is 2. The molecule has 69 heavy (non-hydrogen) atoms. The first-order valence-corrected chi connectivity index (χ1v) is 27.2. The summed E-state index contributed by atoms with van der Waals surface area (Å²) < 4.78 is 76.6. The van der Waals surface area contributed by atoms with Crippen LogP contribution >= 0.6 is 15.9 Å². The number of hydrogen-bond acceptors (Lipinski definition) is 8. The third-order valence-electron chi connectivity index (χ3n) is 11.1. The number of sulfonamides is 2. The molecule has 8 rings (SSSR count). The van der Waals surface area contributed by atoms with Crippen LogP contribution in [0.2, 0.25) is 0 Å². The number of carbonyl (C=O) groups is 2. The Bertz CT molecular complexity index is 3230. The third kappa shape index (κ3) is 14.4. The minimum atomic E-state index is -3.56. The number of hydrogen-bond donors (Lipinski definition) is 1.